The highest BCUT2D eigenvalue weighted by Crippen LogP contribution is 2.34. The Labute approximate surface area is 137 Å². The van der Waals surface area contributed by atoms with E-state index in [1.807, 2.05) is 0 Å². The van der Waals surface area contributed by atoms with Crippen molar-refractivity contribution in [2.24, 2.45) is 4.99 Å². The smallest absolute Gasteiger partial charge is 0.326 e. The number of amides is 1. The first kappa shape index (κ1) is 16.3. The van der Waals surface area contributed by atoms with Gasteiger partial charge in [-0.2, -0.15) is 8.42 Å². The molecule has 0 radical (unpaired) electrons. The molecule has 0 unspecified atom stereocenters. The Bertz CT molecular complexity index is 788. The summed E-state index contributed by atoms with van der Waals surface area (Å²) in [6, 6.07) is 2.42. The van der Waals surface area contributed by atoms with Crippen LogP contribution in [0.2, 0.25) is 0 Å². The van der Waals surface area contributed by atoms with E-state index in [0.29, 0.717) is 35.3 Å². The van der Waals surface area contributed by atoms with E-state index < -0.39 is 39.9 Å². The van der Waals surface area contributed by atoms with Crippen molar-refractivity contribution < 1.29 is 22.7 Å². The molecule has 9 nitrogen and oxygen atoms in total. The molecule has 2 aliphatic rings. The topological polar surface area (TPSA) is 123 Å². The largest absolute Gasteiger partial charge is 0.506 e. The summed E-state index contributed by atoms with van der Waals surface area (Å²) in [5.74, 6) is -1.57. The third-order valence-electron chi connectivity index (χ3n) is 3.55. The van der Waals surface area contributed by atoms with Crippen LogP contribution in [0.5, 0.6) is 5.75 Å². The van der Waals surface area contributed by atoms with Gasteiger partial charge >= 0.3 is 10.2 Å². The van der Waals surface area contributed by atoms with Crippen molar-refractivity contribution >= 4 is 27.8 Å². The molecule has 3 rings (SSSR count). The summed E-state index contributed by atoms with van der Waals surface area (Å²) in [4.78, 5) is 15.4. The quantitative estimate of drug-likeness (QED) is 0.537. The molecule has 2 heterocycles. The van der Waals surface area contributed by atoms with E-state index in [4.69, 9.17) is 0 Å². The molecule has 0 aromatic heterocycles. The summed E-state index contributed by atoms with van der Waals surface area (Å²) in [5.41, 5.74) is -0.0531. The molecule has 1 amide bonds. The Morgan fingerprint density at radius 3 is 2.79 bits per heavy atom. The fourth-order valence-corrected chi connectivity index (χ4v) is 3.69. The molecule has 0 aliphatic carbocycles. The Morgan fingerprint density at radius 2 is 2.21 bits per heavy atom. The van der Waals surface area contributed by atoms with Crippen molar-refractivity contribution in [1.82, 2.24) is 15.4 Å². The number of benzene rings is 1. The predicted octanol–water partition coefficient (Wildman–Crippen LogP) is -1.20. The molecule has 1 aromatic carbocycles. The van der Waals surface area contributed by atoms with Gasteiger partial charge in [-0.15, -0.1) is 0 Å². The minimum absolute atomic E-state index is 0.398. The molecule has 1 fully saturated rings. The Morgan fingerprint density at radius 1 is 1.42 bits per heavy atom. The predicted molar refractivity (Wildman–Crippen MR) is 84.5 cm³/mol. The van der Waals surface area contributed by atoms with Crippen LogP contribution in [-0.2, 0) is 21.4 Å². The summed E-state index contributed by atoms with van der Waals surface area (Å²) in [6.07, 6.45) is 0.398. The van der Waals surface area contributed by atoms with Gasteiger partial charge in [0.25, 0.3) is 5.91 Å². The average molecular weight is 357 g/mol. The fourth-order valence-electron chi connectivity index (χ4n) is 2.52. The molecule has 0 saturated carbocycles. The Balaban J connectivity index is 1.75. The van der Waals surface area contributed by atoms with Gasteiger partial charge in [-0.25, -0.2) is 13.4 Å². The first-order chi connectivity index (χ1) is 11.4. The second-order valence-electron chi connectivity index (χ2n) is 5.32. The maximum Gasteiger partial charge on any atom is 0.326 e. The molecule has 0 bridgehead atoms. The van der Waals surface area contributed by atoms with E-state index >= 15 is 0 Å². The first-order valence-corrected chi connectivity index (χ1v) is 8.68. The number of aromatic hydroxyl groups is 1. The van der Waals surface area contributed by atoms with Gasteiger partial charge in [0.05, 0.1) is 6.54 Å². The highest BCUT2D eigenvalue weighted by Gasteiger charge is 2.37. The maximum absolute atomic E-state index is 14.3. The molecule has 0 atom stereocenters. The van der Waals surface area contributed by atoms with Gasteiger partial charge in [0.1, 0.15) is 18.0 Å². The molecule has 2 aliphatic heterocycles. The van der Waals surface area contributed by atoms with E-state index in [-0.39, 0.29) is 0 Å². The average Bonchev–Trinajstić information content (AvgIpc) is 3.06. The number of aliphatic imine (C=N–C) groups is 1. The third kappa shape index (κ3) is 3.20. The Hall–Kier alpha value is -2.56. The van der Waals surface area contributed by atoms with Crippen molar-refractivity contribution in [3.8, 4) is 5.75 Å². The molecule has 1 aromatic rings. The van der Waals surface area contributed by atoms with Gasteiger partial charge in [0.15, 0.2) is 11.8 Å². The van der Waals surface area contributed by atoms with Crippen LogP contribution in [0.3, 0.4) is 0 Å². The molecule has 130 valence electrons. The van der Waals surface area contributed by atoms with Crippen LogP contribution in [0.25, 0.3) is 0 Å². The lowest BCUT2D eigenvalue weighted by Crippen LogP contribution is -2.35. The number of nitrogens with one attached hydrogen (secondary N) is 3. The zero-order chi connectivity index (χ0) is 17.3. The van der Waals surface area contributed by atoms with Gasteiger partial charge in [-0.1, -0.05) is 0 Å². The standard InChI is InChI=1S/C13H16FN5O4S/c14-9-5-8(1-2-15-13-16-3-4-17-13)6-10(20)12(9)19-7-11(21)18-24(19,22)23/h5-6,20H,1-4,7H2,(H,18,21)(H2,15,16,17). The minimum Gasteiger partial charge on any atom is -0.506 e. The van der Waals surface area contributed by atoms with Crippen LogP contribution in [0.15, 0.2) is 17.1 Å². The van der Waals surface area contributed by atoms with Crippen LogP contribution in [0.4, 0.5) is 10.1 Å². The molecule has 4 N–H and O–H groups in total. The normalized spacial score (nSPS) is 19.0. The van der Waals surface area contributed by atoms with Crippen LogP contribution in [0, 0.1) is 5.82 Å². The van der Waals surface area contributed by atoms with E-state index in [2.05, 4.69) is 15.6 Å². The van der Waals surface area contributed by atoms with Crippen molar-refractivity contribution in [2.45, 2.75) is 6.42 Å². The van der Waals surface area contributed by atoms with E-state index in [1.54, 1.807) is 4.72 Å². The number of rotatable bonds is 4. The fraction of sp³-hybridized carbons (Fsp3) is 0.385. The highest BCUT2D eigenvalue weighted by atomic mass is 32.2. The maximum atomic E-state index is 14.3. The number of hydrogen-bond acceptors (Lipinski definition) is 7. The molecule has 1 saturated heterocycles. The second-order valence-corrected chi connectivity index (χ2v) is 6.91. The van der Waals surface area contributed by atoms with Gasteiger partial charge in [-0.3, -0.25) is 9.79 Å². The van der Waals surface area contributed by atoms with E-state index in [0.717, 1.165) is 12.6 Å². The molecule has 11 heteroatoms. The highest BCUT2D eigenvalue weighted by molar-refractivity contribution is 7.92. The van der Waals surface area contributed by atoms with Crippen molar-refractivity contribution in [1.29, 1.82) is 0 Å². The van der Waals surface area contributed by atoms with Gasteiger partial charge in [0.2, 0.25) is 0 Å². The van der Waals surface area contributed by atoms with Crippen LogP contribution in [-0.4, -0.2) is 51.6 Å². The monoisotopic (exact) mass is 357 g/mol. The summed E-state index contributed by atoms with van der Waals surface area (Å²) in [5, 5.41) is 16.1. The van der Waals surface area contributed by atoms with Crippen LogP contribution in [0.1, 0.15) is 5.56 Å². The molecular weight excluding hydrogens is 341 g/mol. The number of carbonyl (C=O) groups is 1. The summed E-state index contributed by atoms with van der Waals surface area (Å²) < 4.78 is 40.1. The Kier molecular flexibility index (Phi) is 4.18. The molecule has 0 spiro atoms. The number of phenols is 1. The number of guanidine groups is 1. The SMILES string of the molecule is O=C1CN(c2c(O)cc(CCNC3=NCCN3)cc2F)S(=O)(=O)N1. The number of hydrogen-bond donors (Lipinski definition) is 4. The van der Waals surface area contributed by atoms with Gasteiger partial charge in [-0.05, 0) is 24.1 Å². The lowest BCUT2D eigenvalue weighted by Gasteiger charge is -2.18. The van der Waals surface area contributed by atoms with Crippen molar-refractivity contribution in [3.63, 3.8) is 0 Å². The van der Waals surface area contributed by atoms with Gasteiger partial charge < -0.3 is 15.7 Å². The lowest BCUT2D eigenvalue weighted by molar-refractivity contribution is -0.117. The molecule has 24 heavy (non-hydrogen) atoms. The number of nitrogens with zero attached hydrogens (tertiary/aromatic N) is 2. The van der Waals surface area contributed by atoms with Crippen molar-refractivity contribution in [3.05, 3.63) is 23.5 Å². The van der Waals surface area contributed by atoms with E-state index in [1.165, 1.54) is 6.07 Å². The first-order valence-electron chi connectivity index (χ1n) is 7.24. The third-order valence-corrected chi connectivity index (χ3v) is 4.93. The zero-order valence-electron chi connectivity index (χ0n) is 12.5. The van der Waals surface area contributed by atoms with Crippen LogP contribution < -0.4 is 19.7 Å². The van der Waals surface area contributed by atoms with Crippen molar-refractivity contribution in [2.75, 3.05) is 30.5 Å². The second kappa shape index (κ2) is 6.15. The van der Waals surface area contributed by atoms with E-state index in [9.17, 15) is 22.7 Å². The lowest BCUT2D eigenvalue weighted by atomic mass is 10.1. The number of carbonyl (C=O) groups excluding carboxylic acids is 1. The van der Waals surface area contributed by atoms with Crippen LogP contribution >= 0.6 is 0 Å². The summed E-state index contributed by atoms with van der Waals surface area (Å²) in [6.45, 7) is 1.36. The minimum atomic E-state index is -4.18. The number of phenolic OH excluding ortho intramolecular Hbond substituents is 1. The molecular formula is C13H16FN5O4S. The summed E-state index contributed by atoms with van der Waals surface area (Å²) in [7, 11) is -4.18. The number of halogens is 1. The number of anilines is 1. The van der Waals surface area contributed by atoms with Gasteiger partial charge in [0, 0.05) is 13.1 Å². The summed E-state index contributed by atoms with van der Waals surface area (Å²) >= 11 is 0. The zero-order valence-corrected chi connectivity index (χ0v) is 13.4.